The Balaban J connectivity index is 1.41. The quantitative estimate of drug-likeness (QED) is 0.416. The Morgan fingerprint density at radius 3 is 2.54 bits per heavy atom. The van der Waals surface area contributed by atoms with E-state index in [-0.39, 0.29) is 0 Å². The van der Waals surface area contributed by atoms with Gasteiger partial charge in [-0.2, -0.15) is 0 Å². The van der Waals surface area contributed by atoms with Crippen LogP contribution in [0, 0.1) is 0 Å². The Hall–Kier alpha value is -2.97. The van der Waals surface area contributed by atoms with Gasteiger partial charge in [0.1, 0.15) is 11.4 Å². The summed E-state index contributed by atoms with van der Waals surface area (Å²) in [4.78, 5) is 22.2. The molecule has 9 heteroatoms. The number of ether oxygens (including phenoxy) is 1. The molecule has 0 amide bonds. The highest BCUT2D eigenvalue weighted by molar-refractivity contribution is 6.30. The van der Waals surface area contributed by atoms with Crippen molar-refractivity contribution in [3.63, 3.8) is 0 Å². The average Bonchev–Trinajstić information content (AvgIpc) is 3.15. The fourth-order valence-electron chi connectivity index (χ4n) is 5.00. The average molecular weight is 496 g/mol. The van der Waals surface area contributed by atoms with Gasteiger partial charge in [-0.05, 0) is 87.8 Å². The highest BCUT2D eigenvalue weighted by atomic mass is 35.5. The van der Waals surface area contributed by atoms with Gasteiger partial charge in [-0.15, -0.1) is 15.3 Å². The molecule has 5 rings (SSSR count). The summed E-state index contributed by atoms with van der Waals surface area (Å²) in [7, 11) is 0. The maximum Gasteiger partial charge on any atom is 0.528 e. The first-order valence-electron chi connectivity index (χ1n) is 12.1. The molecule has 0 atom stereocenters. The highest BCUT2D eigenvalue weighted by Gasteiger charge is 2.32. The summed E-state index contributed by atoms with van der Waals surface area (Å²) in [5.41, 5.74) is 2.56. The molecule has 0 saturated heterocycles. The standard InChI is InChI=1S/C26H30ClN5O3/c1-26(2,3)34-25(33)35-31-15-20-13-21(27)10-11-22(20)32-23(16-31)29-30-24(32)18-8-6-17(7-9-18)19-5-4-12-28-14-19/h4-5,10-14,17-18H,6-9,15-16H2,1-3H3/t17-,18-. The summed E-state index contributed by atoms with van der Waals surface area (Å²) < 4.78 is 7.48. The van der Waals surface area contributed by atoms with Crippen molar-refractivity contribution in [3.05, 3.63) is 70.5 Å². The van der Waals surface area contributed by atoms with Gasteiger partial charge in [0, 0.05) is 23.3 Å². The van der Waals surface area contributed by atoms with Gasteiger partial charge >= 0.3 is 6.16 Å². The minimum Gasteiger partial charge on any atom is -0.427 e. The molecule has 0 unspecified atom stereocenters. The van der Waals surface area contributed by atoms with Crippen LogP contribution in [0.2, 0.25) is 5.02 Å². The molecule has 1 saturated carbocycles. The number of carbonyl (C=O) groups excluding carboxylic acids is 1. The third-order valence-corrected chi connectivity index (χ3v) is 6.78. The van der Waals surface area contributed by atoms with E-state index in [4.69, 9.17) is 21.2 Å². The predicted octanol–water partition coefficient (Wildman–Crippen LogP) is 5.94. The Bertz CT molecular complexity index is 1200. The Morgan fingerprint density at radius 2 is 1.83 bits per heavy atom. The molecule has 2 aliphatic rings. The molecular weight excluding hydrogens is 466 g/mol. The van der Waals surface area contributed by atoms with E-state index in [1.807, 2.05) is 36.7 Å². The van der Waals surface area contributed by atoms with E-state index < -0.39 is 11.8 Å². The summed E-state index contributed by atoms with van der Waals surface area (Å²) in [5.74, 6) is 2.49. The molecule has 1 aliphatic carbocycles. The third kappa shape index (κ3) is 5.33. The van der Waals surface area contributed by atoms with Gasteiger partial charge in [0.05, 0.1) is 18.8 Å². The van der Waals surface area contributed by atoms with Gasteiger partial charge in [0.15, 0.2) is 5.82 Å². The van der Waals surface area contributed by atoms with Crippen LogP contribution in [-0.4, -0.2) is 36.6 Å². The summed E-state index contributed by atoms with van der Waals surface area (Å²) in [6.07, 6.45) is 7.27. The summed E-state index contributed by atoms with van der Waals surface area (Å²) in [5, 5.41) is 11.3. The molecule has 1 fully saturated rings. The maximum atomic E-state index is 12.4. The zero-order valence-corrected chi connectivity index (χ0v) is 21.0. The maximum absolute atomic E-state index is 12.4. The first-order chi connectivity index (χ1) is 16.8. The number of halogens is 1. The number of hydroxylamine groups is 2. The fourth-order valence-corrected chi connectivity index (χ4v) is 5.20. The first kappa shape index (κ1) is 23.8. The second-order valence-corrected chi connectivity index (χ2v) is 10.7. The van der Waals surface area contributed by atoms with Gasteiger partial charge in [0.2, 0.25) is 0 Å². The number of carbonyl (C=O) groups is 1. The zero-order valence-electron chi connectivity index (χ0n) is 20.3. The van der Waals surface area contributed by atoms with Gasteiger partial charge in [-0.1, -0.05) is 17.7 Å². The SMILES string of the molecule is CC(C)(C)OC(=O)ON1Cc2cc(Cl)ccc2-n2c(nnc2[C@H]2CC[C@H](c3cccnc3)CC2)C1. The molecule has 3 aromatic rings. The number of nitrogens with zero attached hydrogens (tertiary/aromatic N) is 5. The molecule has 1 aromatic carbocycles. The minimum atomic E-state index is -0.747. The van der Waals surface area contributed by atoms with Gasteiger partial charge in [0.25, 0.3) is 0 Å². The van der Waals surface area contributed by atoms with Crippen LogP contribution in [0.1, 0.15) is 81.1 Å². The van der Waals surface area contributed by atoms with E-state index >= 15 is 0 Å². The highest BCUT2D eigenvalue weighted by Crippen LogP contribution is 2.41. The molecule has 1 aliphatic heterocycles. The zero-order chi connectivity index (χ0) is 24.6. The van der Waals surface area contributed by atoms with Crippen molar-refractivity contribution in [2.45, 2.75) is 77.0 Å². The van der Waals surface area contributed by atoms with Crippen molar-refractivity contribution in [1.82, 2.24) is 24.8 Å². The minimum absolute atomic E-state index is 0.295. The van der Waals surface area contributed by atoms with Gasteiger partial charge in [-0.25, -0.2) is 4.79 Å². The largest absolute Gasteiger partial charge is 0.528 e. The smallest absolute Gasteiger partial charge is 0.427 e. The fraction of sp³-hybridized carbons (Fsp3) is 0.462. The van der Waals surface area contributed by atoms with Crippen molar-refractivity contribution in [2.24, 2.45) is 0 Å². The van der Waals surface area contributed by atoms with Crippen LogP contribution in [-0.2, 0) is 22.7 Å². The summed E-state index contributed by atoms with van der Waals surface area (Å²) in [6.45, 7) is 6.07. The van der Waals surface area contributed by atoms with Crippen LogP contribution < -0.4 is 0 Å². The number of fused-ring (bicyclic) bond motifs is 3. The number of hydrogen-bond acceptors (Lipinski definition) is 7. The topological polar surface area (TPSA) is 82.4 Å². The monoisotopic (exact) mass is 495 g/mol. The number of hydrogen-bond donors (Lipinski definition) is 0. The van der Waals surface area contributed by atoms with Crippen LogP contribution in [0.15, 0.2) is 42.7 Å². The lowest BCUT2D eigenvalue weighted by molar-refractivity contribution is -0.155. The summed E-state index contributed by atoms with van der Waals surface area (Å²) in [6, 6.07) is 9.94. The summed E-state index contributed by atoms with van der Waals surface area (Å²) >= 11 is 6.34. The number of pyridine rings is 1. The Kier molecular flexibility index (Phi) is 6.51. The third-order valence-electron chi connectivity index (χ3n) is 6.54. The molecule has 184 valence electrons. The molecule has 0 bridgehead atoms. The van der Waals surface area contributed by atoms with Crippen molar-refractivity contribution < 1.29 is 14.4 Å². The van der Waals surface area contributed by atoms with Crippen molar-refractivity contribution in [1.29, 1.82) is 0 Å². The second kappa shape index (κ2) is 9.59. The second-order valence-electron chi connectivity index (χ2n) is 10.3. The van der Waals surface area contributed by atoms with E-state index in [1.54, 1.807) is 25.8 Å². The van der Waals surface area contributed by atoms with Crippen LogP contribution in [0.25, 0.3) is 5.69 Å². The Labute approximate surface area is 210 Å². The lowest BCUT2D eigenvalue weighted by atomic mass is 9.79. The molecule has 2 aromatic heterocycles. The van der Waals surface area contributed by atoms with E-state index in [0.717, 1.165) is 48.6 Å². The van der Waals surface area contributed by atoms with Crippen molar-refractivity contribution in [3.8, 4) is 5.69 Å². The molecule has 0 N–H and O–H groups in total. The number of benzene rings is 1. The van der Waals surface area contributed by atoms with Crippen LogP contribution in [0.3, 0.4) is 0 Å². The van der Waals surface area contributed by atoms with Crippen molar-refractivity contribution >= 4 is 17.8 Å². The van der Waals surface area contributed by atoms with E-state index in [0.29, 0.717) is 29.9 Å². The molecule has 3 heterocycles. The number of rotatable bonds is 3. The van der Waals surface area contributed by atoms with E-state index in [1.165, 1.54) is 5.56 Å². The van der Waals surface area contributed by atoms with Crippen LogP contribution >= 0.6 is 11.6 Å². The van der Waals surface area contributed by atoms with E-state index in [9.17, 15) is 4.79 Å². The molecule has 35 heavy (non-hydrogen) atoms. The lowest BCUT2D eigenvalue weighted by Gasteiger charge is -2.28. The molecular formula is C26H30ClN5O3. The van der Waals surface area contributed by atoms with Gasteiger partial charge in [-0.3, -0.25) is 9.55 Å². The Morgan fingerprint density at radius 1 is 1.06 bits per heavy atom. The number of aromatic nitrogens is 4. The molecule has 0 spiro atoms. The molecule has 0 radical (unpaired) electrons. The lowest BCUT2D eigenvalue weighted by Crippen LogP contribution is -2.31. The van der Waals surface area contributed by atoms with Gasteiger partial charge < -0.3 is 9.57 Å². The first-order valence-corrected chi connectivity index (χ1v) is 12.4. The molecule has 8 nitrogen and oxygen atoms in total. The predicted molar refractivity (Wildman–Crippen MR) is 131 cm³/mol. The normalized spacial score (nSPS) is 20.5. The van der Waals surface area contributed by atoms with E-state index in [2.05, 4.69) is 25.8 Å². The van der Waals surface area contributed by atoms with Crippen LogP contribution in [0.4, 0.5) is 4.79 Å². The van der Waals surface area contributed by atoms with Crippen LogP contribution in [0.5, 0.6) is 0 Å². The van der Waals surface area contributed by atoms with Crippen molar-refractivity contribution in [2.75, 3.05) is 0 Å².